The van der Waals surface area contributed by atoms with Crippen molar-refractivity contribution in [2.45, 2.75) is 79.8 Å². The van der Waals surface area contributed by atoms with Crippen molar-refractivity contribution in [3.63, 3.8) is 0 Å². The Morgan fingerprint density at radius 2 is 1.81 bits per heavy atom. The molecule has 7 nitrogen and oxygen atoms in total. The Hall–Kier alpha value is -1.32. The van der Waals surface area contributed by atoms with Crippen LogP contribution >= 0.6 is 27.7 Å². The quantitative estimate of drug-likeness (QED) is 0.250. The van der Waals surface area contributed by atoms with Gasteiger partial charge in [0.25, 0.3) is 0 Å². The molecule has 3 unspecified atom stereocenters. The Kier molecular flexibility index (Phi) is 10.1. The first-order valence-electron chi connectivity index (χ1n) is 13.3. The molecular formula is C27H42BrN3O4S. The summed E-state index contributed by atoms with van der Waals surface area (Å²) in [5, 5.41) is 10.2. The number of aliphatic hydroxyl groups excluding tert-OH is 1. The topological polar surface area (TPSA) is 81.2 Å². The molecule has 3 heterocycles. The molecule has 202 valence electrons. The summed E-state index contributed by atoms with van der Waals surface area (Å²) in [6.07, 6.45) is 7.25. The van der Waals surface area contributed by atoms with Crippen LogP contribution in [0.15, 0.2) is 25.3 Å². The molecule has 0 aromatic heterocycles. The zero-order valence-corrected chi connectivity index (χ0v) is 24.3. The van der Waals surface area contributed by atoms with Crippen LogP contribution in [0.25, 0.3) is 0 Å². The smallest absolute Gasteiger partial charge is 0.247 e. The van der Waals surface area contributed by atoms with Crippen molar-refractivity contribution in [2.75, 3.05) is 32.8 Å². The first kappa shape index (κ1) is 29.2. The minimum atomic E-state index is -0.712. The van der Waals surface area contributed by atoms with Crippen LogP contribution in [-0.4, -0.2) is 97.2 Å². The van der Waals surface area contributed by atoms with Crippen molar-refractivity contribution in [1.82, 2.24) is 14.7 Å². The molecule has 3 aliphatic rings. The highest BCUT2D eigenvalue weighted by molar-refractivity contribution is 9.09. The molecule has 0 aliphatic carbocycles. The number of carbonyl (C=O) groups excluding carboxylic acids is 3. The summed E-state index contributed by atoms with van der Waals surface area (Å²) in [5.41, 5.74) is 0. The summed E-state index contributed by atoms with van der Waals surface area (Å²) in [6, 6.07) is -1.18. The average Bonchev–Trinajstić information content (AvgIpc) is 3.45. The van der Waals surface area contributed by atoms with Gasteiger partial charge in [-0.05, 0) is 25.7 Å². The van der Waals surface area contributed by atoms with Gasteiger partial charge in [-0.3, -0.25) is 14.4 Å². The van der Waals surface area contributed by atoms with Crippen molar-refractivity contribution in [3.8, 4) is 0 Å². The highest BCUT2D eigenvalue weighted by Gasteiger charge is 2.76. The Balaban J connectivity index is 2.10. The molecule has 7 atom stereocenters. The molecule has 9 heteroatoms. The van der Waals surface area contributed by atoms with Gasteiger partial charge in [-0.2, -0.15) is 0 Å². The maximum atomic E-state index is 14.2. The van der Waals surface area contributed by atoms with Crippen molar-refractivity contribution >= 4 is 45.4 Å². The first-order valence-corrected chi connectivity index (χ1v) is 15.1. The summed E-state index contributed by atoms with van der Waals surface area (Å²) in [5.74, 6) is -1.37. The number of amides is 3. The minimum Gasteiger partial charge on any atom is -0.394 e. The molecule has 0 saturated carbocycles. The van der Waals surface area contributed by atoms with E-state index in [4.69, 9.17) is 0 Å². The third-order valence-electron chi connectivity index (χ3n) is 7.92. The maximum Gasteiger partial charge on any atom is 0.247 e. The molecule has 1 N–H and O–H groups in total. The lowest BCUT2D eigenvalue weighted by atomic mass is 9.70. The highest BCUT2D eigenvalue weighted by atomic mass is 79.9. The molecule has 3 aliphatic heterocycles. The second kappa shape index (κ2) is 12.5. The van der Waals surface area contributed by atoms with Crippen LogP contribution in [0.4, 0.5) is 0 Å². The van der Waals surface area contributed by atoms with E-state index in [9.17, 15) is 19.5 Å². The molecule has 0 radical (unpaired) electrons. The van der Waals surface area contributed by atoms with Crippen LogP contribution < -0.4 is 0 Å². The number of rotatable bonds is 14. The number of hydrogen-bond donors (Lipinski definition) is 1. The number of halogens is 1. The second-order valence-electron chi connectivity index (χ2n) is 10.2. The largest absolute Gasteiger partial charge is 0.394 e. The fraction of sp³-hybridized carbons (Fsp3) is 0.741. The van der Waals surface area contributed by atoms with Crippen LogP contribution in [0.1, 0.15) is 52.9 Å². The van der Waals surface area contributed by atoms with Gasteiger partial charge < -0.3 is 19.8 Å². The molecule has 3 fully saturated rings. The Labute approximate surface area is 228 Å². The van der Waals surface area contributed by atoms with Gasteiger partial charge >= 0.3 is 0 Å². The Morgan fingerprint density at radius 1 is 1.17 bits per heavy atom. The first-order chi connectivity index (χ1) is 17.3. The molecule has 36 heavy (non-hydrogen) atoms. The van der Waals surface area contributed by atoms with Gasteiger partial charge in [0.1, 0.15) is 6.04 Å². The molecule has 0 aromatic rings. The fourth-order valence-corrected chi connectivity index (χ4v) is 9.92. The van der Waals surface area contributed by atoms with E-state index in [-0.39, 0.29) is 34.4 Å². The zero-order chi connectivity index (χ0) is 26.6. The van der Waals surface area contributed by atoms with Gasteiger partial charge in [0, 0.05) is 36.3 Å². The van der Waals surface area contributed by atoms with Gasteiger partial charge in [0.2, 0.25) is 17.7 Å². The normalized spacial score (nSPS) is 31.3. The Bertz CT molecular complexity index is 853. The molecule has 3 rings (SSSR count). The number of thioether (sulfide) groups is 1. The molecule has 3 saturated heterocycles. The van der Waals surface area contributed by atoms with E-state index in [0.29, 0.717) is 39.0 Å². The molecule has 1 spiro atoms. The maximum absolute atomic E-state index is 14.2. The number of alkyl halides is 1. The standard InChI is InChI=1S/C27H42BrN3O4S/c1-6-11-15-30(14-9-4)26(35)23-27-16-19(28)22(36-27)20(24(33)29(12-7-2)13-8-3)21(27)25(34)31(23)18(10-5)17-32/h7,9,18-23,32H,2,4,6,8,10-17H2,1,3,5H3/t18-,19?,20+,21-,22+,23?,27?/m0/s1. The fourth-order valence-electron chi connectivity index (χ4n) is 6.33. The van der Waals surface area contributed by atoms with Crippen LogP contribution in [0.3, 0.4) is 0 Å². The van der Waals surface area contributed by atoms with Crippen molar-refractivity contribution in [3.05, 3.63) is 25.3 Å². The molecule has 0 aromatic carbocycles. The number of aliphatic hydroxyl groups is 1. The zero-order valence-electron chi connectivity index (χ0n) is 21.9. The van der Waals surface area contributed by atoms with E-state index in [1.807, 2.05) is 13.8 Å². The van der Waals surface area contributed by atoms with Crippen molar-refractivity contribution < 1.29 is 19.5 Å². The van der Waals surface area contributed by atoms with Crippen LogP contribution in [-0.2, 0) is 14.4 Å². The number of carbonyl (C=O) groups is 3. The summed E-state index contributed by atoms with van der Waals surface area (Å²) in [6.45, 7) is 15.5. The molecule has 2 bridgehead atoms. The van der Waals surface area contributed by atoms with Gasteiger partial charge in [-0.15, -0.1) is 24.9 Å². The van der Waals surface area contributed by atoms with Gasteiger partial charge in [-0.1, -0.05) is 55.3 Å². The lowest BCUT2D eigenvalue weighted by Gasteiger charge is -2.40. The van der Waals surface area contributed by atoms with Crippen LogP contribution in [0.5, 0.6) is 0 Å². The summed E-state index contributed by atoms with van der Waals surface area (Å²) >= 11 is 5.48. The van der Waals surface area contributed by atoms with E-state index >= 15 is 0 Å². The monoisotopic (exact) mass is 583 g/mol. The van der Waals surface area contributed by atoms with E-state index < -0.39 is 28.7 Å². The predicted molar refractivity (Wildman–Crippen MR) is 149 cm³/mol. The number of nitrogens with zero attached hydrogens (tertiary/aromatic N) is 3. The summed E-state index contributed by atoms with van der Waals surface area (Å²) < 4.78 is -0.701. The lowest BCUT2D eigenvalue weighted by molar-refractivity contribution is -0.147. The Morgan fingerprint density at radius 3 is 2.33 bits per heavy atom. The van der Waals surface area contributed by atoms with Crippen molar-refractivity contribution in [2.24, 2.45) is 11.8 Å². The third kappa shape index (κ3) is 4.92. The van der Waals surface area contributed by atoms with E-state index in [1.54, 1.807) is 38.6 Å². The number of fused-ring (bicyclic) bond motifs is 1. The number of hydrogen-bond acceptors (Lipinski definition) is 5. The van der Waals surface area contributed by atoms with E-state index in [1.165, 1.54) is 0 Å². The predicted octanol–water partition coefficient (Wildman–Crippen LogP) is 3.46. The van der Waals surface area contributed by atoms with Crippen molar-refractivity contribution in [1.29, 1.82) is 0 Å². The number of likely N-dealkylation sites (tertiary alicyclic amines) is 1. The molecule has 3 amide bonds. The molecular weight excluding hydrogens is 542 g/mol. The lowest BCUT2D eigenvalue weighted by Crippen LogP contribution is -2.58. The minimum absolute atomic E-state index is 0.0284. The average molecular weight is 585 g/mol. The summed E-state index contributed by atoms with van der Waals surface area (Å²) in [4.78, 5) is 47.7. The van der Waals surface area contributed by atoms with Gasteiger partial charge in [0.15, 0.2) is 0 Å². The van der Waals surface area contributed by atoms with E-state index in [2.05, 4.69) is 36.0 Å². The third-order valence-corrected chi connectivity index (χ3v) is 11.1. The number of unbranched alkanes of at least 4 members (excludes halogenated alkanes) is 1. The van der Waals surface area contributed by atoms with Gasteiger partial charge in [0.05, 0.1) is 29.2 Å². The highest BCUT2D eigenvalue weighted by Crippen LogP contribution is 2.68. The van der Waals surface area contributed by atoms with E-state index in [0.717, 1.165) is 19.3 Å². The van der Waals surface area contributed by atoms with Crippen LogP contribution in [0.2, 0.25) is 0 Å². The second-order valence-corrected chi connectivity index (χ2v) is 12.9. The SMILES string of the molecule is C=CCN(CCCC)C(=O)C1N([C@@H](CC)CO)C(=O)[C@@H]2[C@@H](C(=O)N(CC=C)CCC)[C@@H]3SC12CC3Br. The summed E-state index contributed by atoms with van der Waals surface area (Å²) in [7, 11) is 0. The van der Waals surface area contributed by atoms with Crippen LogP contribution in [0, 0.1) is 11.8 Å². The van der Waals surface area contributed by atoms with Gasteiger partial charge in [-0.25, -0.2) is 0 Å².